The van der Waals surface area contributed by atoms with E-state index in [1.54, 1.807) is 0 Å². The van der Waals surface area contributed by atoms with Crippen LogP contribution in [0.1, 0.15) is 97.3 Å². The molecule has 0 radical (unpaired) electrons. The number of aliphatic hydroxyl groups excluding tert-OH is 1. The van der Waals surface area contributed by atoms with Crippen LogP contribution in [0.5, 0.6) is 0 Å². The molecule has 3 heteroatoms. The molecule has 1 amide bonds. The minimum absolute atomic E-state index is 0.0278. The van der Waals surface area contributed by atoms with Gasteiger partial charge in [0.25, 0.3) is 0 Å². The van der Waals surface area contributed by atoms with E-state index in [4.69, 9.17) is 10.8 Å². The van der Waals surface area contributed by atoms with Gasteiger partial charge in [0.15, 0.2) is 0 Å². The van der Waals surface area contributed by atoms with Crippen molar-refractivity contribution in [3.63, 3.8) is 0 Å². The average molecular weight is 340 g/mol. The van der Waals surface area contributed by atoms with Gasteiger partial charge in [-0.2, -0.15) is 0 Å². The molecule has 0 aromatic heterocycles. The quantitative estimate of drug-likeness (QED) is 0.277. The average Bonchev–Trinajstić information content (AvgIpc) is 2.57. The summed E-state index contributed by atoms with van der Waals surface area (Å²) >= 11 is 0. The highest BCUT2D eigenvalue weighted by Crippen LogP contribution is 2.18. The van der Waals surface area contributed by atoms with Gasteiger partial charge < -0.3 is 10.8 Å². The van der Waals surface area contributed by atoms with E-state index >= 15 is 0 Å². The van der Waals surface area contributed by atoms with E-state index in [1.165, 1.54) is 57.8 Å². The lowest BCUT2D eigenvalue weighted by Crippen LogP contribution is -2.30. The van der Waals surface area contributed by atoms with Crippen LogP contribution in [0.2, 0.25) is 0 Å². The summed E-state index contributed by atoms with van der Waals surface area (Å²) in [6.45, 7) is 4.18. The summed E-state index contributed by atoms with van der Waals surface area (Å²) in [6.07, 6.45) is 20.7. The van der Waals surface area contributed by atoms with E-state index in [0.717, 1.165) is 25.7 Å². The van der Waals surface area contributed by atoms with Crippen molar-refractivity contribution in [3.8, 4) is 0 Å². The maximum Gasteiger partial charge on any atom is 0.220 e. The van der Waals surface area contributed by atoms with Crippen molar-refractivity contribution in [2.45, 2.75) is 97.3 Å². The fourth-order valence-corrected chi connectivity index (χ4v) is 3.09. The van der Waals surface area contributed by atoms with E-state index in [-0.39, 0.29) is 24.3 Å². The highest BCUT2D eigenvalue weighted by Gasteiger charge is 2.21. The molecule has 0 fully saturated rings. The number of aliphatic hydroxyl groups is 1. The summed E-state index contributed by atoms with van der Waals surface area (Å²) in [5.74, 6) is -0.488. The Labute approximate surface area is 150 Å². The van der Waals surface area contributed by atoms with E-state index in [1.807, 2.05) is 6.92 Å². The van der Waals surface area contributed by atoms with Gasteiger partial charge in [0, 0.05) is 12.5 Å². The molecule has 0 aromatic rings. The number of primary amides is 1. The van der Waals surface area contributed by atoms with Crippen LogP contribution >= 0.6 is 0 Å². The number of nitrogens with two attached hydrogens (primary N) is 1. The zero-order valence-corrected chi connectivity index (χ0v) is 16.1. The highest BCUT2D eigenvalue weighted by atomic mass is 16.3. The Kier molecular flexibility index (Phi) is 16.4. The Hall–Kier alpha value is -0.830. The number of amides is 1. The Bertz CT molecular complexity index is 315. The van der Waals surface area contributed by atoms with Gasteiger partial charge >= 0.3 is 0 Å². The molecule has 0 spiro atoms. The van der Waals surface area contributed by atoms with Gasteiger partial charge in [0.2, 0.25) is 5.91 Å². The minimum atomic E-state index is -0.276. The second kappa shape index (κ2) is 17.0. The van der Waals surface area contributed by atoms with Gasteiger partial charge in [-0.1, -0.05) is 77.4 Å². The first-order valence-corrected chi connectivity index (χ1v) is 10.2. The van der Waals surface area contributed by atoms with Gasteiger partial charge in [0.1, 0.15) is 0 Å². The molecule has 3 N–H and O–H groups in total. The highest BCUT2D eigenvalue weighted by molar-refractivity contribution is 5.76. The second-order valence-electron chi connectivity index (χ2n) is 7.19. The molecule has 0 rings (SSSR count). The molecular formula is C21H41NO2. The molecular weight excluding hydrogens is 298 g/mol. The van der Waals surface area contributed by atoms with Crippen LogP contribution in [0, 0.1) is 11.8 Å². The number of carbonyl (C=O) groups is 1. The molecule has 0 aliphatic heterocycles. The van der Waals surface area contributed by atoms with Gasteiger partial charge in [-0.25, -0.2) is 0 Å². The van der Waals surface area contributed by atoms with Crippen molar-refractivity contribution in [1.82, 2.24) is 0 Å². The first-order chi connectivity index (χ1) is 11.6. The van der Waals surface area contributed by atoms with Crippen LogP contribution in [0.3, 0.4) is 0 Å². The summed E-state index contributed by atoms with van der Waals surface area (Å²) in [4.78, 5) is 11.4. The van der Waals surface area contributed by atoms with Crippen molar-refractivity contribution in [3.05, 3.63) is 12.2 Å². The van der Waals surface area contributed by atoms with Crippen LogP contribution in [-0.2, 0) is 4.79 Å². The molecule has 2 atom stereocenters. The fraction of sp³-hybridized carbons (Fsp3) is 0.857. The Morgan fingerprint density at radius 2 is 1.42 bits per heavy atom. The van der Waals surface area contributed by atoms with Crippen molar-refractivity contribution in [2.24, 2.45) is 17.6 Å². The van der Waals surface area contributed by atoms with Crippen LogP contribution in [0.25, 0.3) is 0 Å². The molecule has 24 heavy (non-hydrogen) atoms. The van der Waals surface area contributed by atoms with Crippen LogP contribution < -0.4 is 5.73 Å². The van der Waals surface area contributed by atoms with Crippen LogP contribution in [0.4, 0.5) is 0 Å². The van der Waals surface area contributed by atoms with Crippen molar-refractivity contribution in [2.75, 3.05) is 6.61 Å². The van der Waals surface area contributed by atoms with E-state index in [9.17, 15) is 4.79 Å². The number of carbonyl (C=O) groups excluding carboxylic acids is 1. The second-order valence-corrected chi connectivity index (χ2v) is 7.19. The zero-order chi connectivity index (χ0) is 18.0. The third-order valence-corrected chi connectivity index (χ3v) is 4.87. The molecule has 2 unspecified atom stereocenters. The Morgan fingerprint density at radius 3 is 1.92 bits per heavy atom. The van der Waals surface area contributed by atoms with Crippen molar-refractivity contribution >= 4 is 5.91 Å². The molecule has 0 aromatic carbocycles. The van der Waals surface area contributed by atoms with E-state index in [2.05, 4.69) is 19.1 Å². The zero-order valence-electron chi connectivity index (χ0n) is 16.1. The maximum atomic E-state index is 11.4. The molecule has 0 saturated heterocycles. The predicted molar refractivity (Wildman–Crippen MR) is 104 cm³/mol. The summed E-state index contributed by atoms with van der Waals surface area (Å²) < 4.78 is 0. The van der Waals surface area contributed by atoms with E-state index in [0.29, 0.717) is 0 Å². The predicted octanol–water partition coefficient (Wildman–Crippen LogP) is 5.36. The summed E-state index contributed by atoms with van der Waals surface area (Å²) in [7, 11) is 0. The molecule has 0 bridgehead atoms. The standard InChI is InChI=1S/C21H41NO2/c1-3-4-5-6-7-8-9-10-11-12-13-14-15-16-17-20(21(22)24)19(2)18-23/h12-13,19-20,23H,3-11,14-18H2,1-2H3,(H2,22,24)/b13-12-. The number of unbranched alkanes of at least 4 members (excludes halogenated alkanes) is 10. The third kappa shape index (κ3) is 13.6. The van der Waals surface area contributed by atoms with Crippen molar-refractivity contribution in [1.29, 1.82) is 0 Å². The number of allylic oxidation sites excluding steroid dienone is 2. The topological polar surface area (TPSA) is 63.3 Å². The largest absolute Gasteiger partial charge is 0.396 e. The lowest BCUT2D eigenvalue weighted by atomic mass is 9.89. The number of rotatable bonds is 17. The third-order valence-electron chi connectivity index (χ3n) is 4.87. The van der Waals surface area contributed by atoms with Gasteiger partial charge in [0.05, 0.1) is 0 Å². The smallest absolute Gasteiger partial charge is 0.220 e. The molecule has 0 aliphatic rings. The normalized spacial score (nSPS) is 14.1. The lowest BCUT2D eigenvalue weighted by Gasteiger charge is -2.18. The van der Waals surface area contributed by atoms with E-state index < -0.39 is 0 Å². The summed E-state index contributed by atoms with van der Waals surface area (Å²) in [5.41, 5.74) is 5.40. The number of hydrogen-bond acceptors (Lipinski definition) is 2. The molecule has 3 nitrogen and oxygen atoms in total. The monoisotopic (exact) mass is 339 g/mol. The first-order valence-electron chi connectivity index (χ1n) is 10.2. The summed E-state index contributed by atoms with van der Waals surface area (Å²) in [6, 6.07) is 0. The number of hydrogen-bond donors (Lipinski definition) is 2. The first kappa shape index (κ1) is 23.2. The van der Waals surface area contributed by atoms with Crippen LogP contribution in [-0.4, -0.2) is 17.6 Å². The minimum Gasteiger partial charge on any atom is -0.396 e. The van der Waals surface area contributed by atoms with Gasteiger partial charge in [-0.15, -0.1) is 0 Å². The van der Waals surface area contributed by atoms with Gasteiger partial charge in [-0.05, 0) is 38.0 Å². The fourth-order valence-electron chi connectivity index (χ4n) is 3.09. The van der Waals surface area contributed by atoms with Gasteiger partial charge in [-0.3, -0.25) is 4.79 Å². The SMILES string of the molecule is CCCCCCCCCC/C=C\CCCCC(C(N)=O)C(C)CO. The maximum absolute atomic E-state index is 11.4. The lowest BCUT2D eigenvalue weighted by molar-refractivity contribution is -0.124. The molecule has 0 heterocycles. The van der Waals surface area contributed by atoms with Crippen LogP contribution in [0.15, 0.2) is 12.2 Å². The molecule has 0 aliphatic carbocycles. The molecule has 142 valence electrons. The Morgan fingerprint density at radius 1 is 0.917 bits per heavy atom. The summed E-state index contributed by atoms with van der Waals surface area (Å²) in [5, 5.41) is 9.15. The molecule has 0 saturated carbocycles. The van der Waals surface area contributed by atoms with Crippen molar-refractivity contribution < 1.29 is 9.90 Å². The Balaban J connectivity index is 3.45.